The minimum atomic E-state index is -0.695. The van der Waals surface area contributed by atoms with Crippen molar-refractivity contribution >= 4 is 22.9 Å². The lowest BCUT2D eigenvalue weighted by molar-refractivity contribution is 0.0601. The highest BCUT2D eigenvalue weighted by molar-refractivity contribution is 5.97. The van der Waals surface area contributed by atoms with Crippen LogP contribution in [0.5, 0.6) is 5.75 Å². The van der Waals surface area contributed by atoms with E-state index < -0.39 is 11.7 Å². The van der Waals surface area contributed by atoms with Crippen molar-refractivity contribution in [3.63, 3.8) is 0 Å². The van der Waals surface area contributed by atoms with E-state index in [9.17, 15) is 19.5 Å². The van der Waals surface area contributed by atoms with E-state index in [4.69, 9.17) is 4.42 Å². The van der Waals surface area contributed by atoms with Crippen molar-refractivity contribution in [2.45, 2.75) is 6.54 Å². The fraction of sp³-hybridized carbons (Fsp3) is 0.118. The maximum Gasteiger partial charge on any atom is 0.420 e. The molecule has 0 saturated heterocycles. The fourth-order valence-corrected chi connectivity index (χ4v) is 2.34. The maximum atomic E-state index is 12.3. The first kappa shape index (κ1) is 15.5. The number of Topliss-reactive ketones (excluding diaryl/α,β-unsaturated/α-hetero) is 1. The van der Waals surface area contributed by atoms with Gasteiger partial charge in [-0.15, -0.1) is 0 Å². The van der Waals surface area contributed by atoms with Crippen LogP contribution < -0.4 is 5.76 Å². The predicted molar refractivity (Wildman–Crippen MR) is 84.3 cm³/mol. The van der Waals surface area contributed by atoms with E-state index in [0.29, 0.717) is 11.1 Å². The number of carbonyl (C=O) groups is 2. The van der Waals surface area contributed by atoms with Crippen LogP contribution in [-0.4, -0.2) is 28.5 Å². The third kappa shape index (κ3) is 2.79. The Morgan fingerprint density at radius 2 is 1.79 bits per heavy atom. The molecule has 0 fully saturated rings. The summed E-state index contributed by atoms with van der Waals surface area (Å²) in [5.74, 6) is -1.54. The molecule has 0 aliphatic rings. The molecule has 24 heavy (non-hydrogen) atoms. The molecular weight excluding hydrogens is 314 g/mol. The number of carbonyl (C=O) groups excluding carboxylic acids is 2. The molecule has 0 aliphatic carbocycles. The van der Waals surface area contributed by atoms with Crippen molar-refractivity contribution in [1.29, 1.82) is 0 Å². The molecule has 3 aromatic rings. The van der Waals surface area contributed by atoms with Crippen LogP contribution in [-0.2, 0) is 11.3 Å². The molecule has 0 amide bonds. The van der Waals surface area contributed by atoms with Crippen LogP contribution in [0.15, 0.2) is 51.7 Å². The molecule has 0 saturated carbocycles. The molecule has 3 rings (SSSR count). The van der Waals surface area contributed by atoms with Gasteiger partial charge in [-0.2, -0.15) is 0 Å². The highest BCUT2D eigenvalue weighted by atomic mass is 16.5. The molecule has 7 heteroatoms. The van der Waals surface area contributed by atoms with Crippen molar-refractivity contribution < 1.29 is 23.8 Å². The fourth-order valence-electron chi connectivity index (χ4n) is 2.34. The number of hydrogen-bond acceptors (Lipinski definition) is 6. The maximum absolute atomic E-state index is 12.3. The normalized spacial score (nSPS) is 10.7. The molecule has 0 unspecified atom stereocenters. The predicted octanol–water partition coefficient (Wildman–Crippen LogP) is 1.97. The summed E-state index contributed by atoms with van der Waals surface area (Å²) in [6, 6.07) is 10.1. The topological polar surface area (TPSA) is 98.7 Å². The SMILES string of the molecule is COC(=O)c1ccc2oc(=O)n(CC(=O)c3ccc(O)cc3)c2c1. The van der Waals surface area contributed by atoms with Gasteiger partial charge in [0.15, 0.2) is 11.4 Å². The van der Waals surface area contributed by atoms with Crippen molar-refractivity contribution in [2.24, 2.45) is 0 Å². The Bertz CT molecular complexity index is 980. The van der Waals surface area contributed by atoms with Crippen molar-refractivity contribution in [2.75, 3.05) is 7.11 Å². The van der Waals surface area contributed by atoms with Gasteiger partial charge in [0, 0.05) is 5.56 Å². The second-order valence-corrected chi connectivity index (χ2v) is 5.10. The largest absolute Gasteiger partial charge is 0.508 e. The molecular formula is C17H13NO6. The Balaban J connectivity index is 2.00. The molecule has 0 aliphatic heterocycles. The molecule has 1 N–H and O–H groups in total. The number of hydrogen-bond donors (Lipinski definition) is 1. The van der Waals surface area contributed by atoms with Gasteiger partial charge in [0.25, 0.3) is 0 Å². The van der Waals surface area contributed by atoms with Gasteiger partial charge in [0.2, 0.25) is 0 Å². The summed E-state index contributed by atoms with van der Waals surface area (Å²) in [6.45, 7) is -0.249. The Hall–Kier alpha value is -3.35. The standard InChI is InChI=1S/C17H13NO6/c1-23-16(21)11-4-7-15-13(8-11)18(17(22)24-15)9-14(20)10-2-5-12(19)6-3-10/h2-8,19H,9H2,1H3. The van der Waals surface area contributed by atoms with E-state index in [1.807, 2.05) is 0 Å². The third-order valence-electron chi connectivity index (χ3n) is 3.58. The van der Waals surface area contributed by atoms with Crippen LogP contribution in [0.2, 0.25) is 0 Å². The number of esters is 1. The molecule has 1 aromatic heterocycles. The lowest BCUT2D eigenvalue weighted by Crippen LogP contribution is -2.20. The zero-order chi connectivity index (χ0) is 17.3. The molecule has 2 aromatic carbocycles. The van der Waals surface area contributed by atoms with Gasteiger partial charge in [0.05, 0.1) is 24.7 Å². The number of fused-ring (bicyclic) bond motifs is 1. The molecule has 122 valence electrons. The monoisotopic (exact) mass is 327 g/mol. The summed E-state index contributed by atoms with van der Waals surface area (Å²) >= 11 is 0. The van der Waals surface area contributed by atoms with Gasteiger partial charge in [-0.25, -0.2) is 9.59 Å². The van der Waals surface area contributed by atoms with Gasteiger partial charge >= 0.3 is 11.7 Å². The van der Waals surface area contributed by atoms with Crippen molar-refractivity contribution in [3.8, 4) is 5.75 Å². The average Bonchev–Trinajstić information content (AvgIpc) is 2.89. The van der Waals surface area contributed by atoms with Crippen LogP contribution in [0.4, 0.5) is 0 Å². The number of ether oxygens (including phenoxy) is 1. The molecule has 0 radical (unpaired) electrons. The third-order valence-corrected chi connectivity index (χ3v) is 3.58. The Kier molecular flexibility index (Phi) is 3.91. The number of phenols is 1. The lowest BCUT2D eigenvalue weighted by Gasteiger charge is -2.04. The molecule has 1 heterocycles. The van der Waals surface area contributed by atoms with Crippen LogP contribution in [0, 0.1) is 0 Å². The Morgan fingerprint density at radius 1 is 1.12 bits per heavy atom. The second kappa shape index (κ2) is 6.04. The van der Waals surface area contributed by atoms with Gasteiger partial charge in [-0.1, -0.05) is 0 Å². The minimum Gasteiger partial charge on any atom is -0.508 e. The van der Waals surface area contributed by atoms with E-state index >= 15 is 0 Å². The summed E-state index contributed by atoms with van der Waals surface area (Å²) in [7, 11) is 1.25. The van der Waals surface area contributed by atoms with Crippen LogP contribution in [0.25, 0.3) is 11.1 Å². The van der Waals surface area contributed by atoms with E-state index in [1.165, 1.54) is 49.6 Å². The highest BCUT2D eigenvalue weighted by Gasteiger charge is 2.16. The number of rotatable bonds is 4. The summed E-state index contributed by atoms with van der Waals surface area (Å²) in [5, 5.41) is 9.26. The number of oxazole rings is 1. The number of benzene rings is 2. The van der Waals surface area contributed by atoms with Crippen LogP contribution >= 0.6 is 0 Å². The second-order valence-electron chi connectivity index (χ2n) is 5.10. The van der Waals surface area contributed by atoms with Gasteiger partial charge in [-0.3, -0.25) is 9.36 Å². The molecule has 0 atom stereocenters. The van der Waals surface area contributed by atoms with E-state index in [2.05, 4.69) is 4.74 Å². The highest BCUT2D eigenvalue weighted by Crippen LogP contribution is 2.17. The smallest absolute Gasteiger partial charge is 0.420 e. The zero-order valence-electron chi connectivity index (χ0n) is 12.7. The molecule has 0 bridgehead atoms. The first-order valence-electron chi connectivity index (χ1n) is 7.03. The lowest BCUT2D eigenvalue weighted by atomic mass is 10.1. The summed E-state index contributed by atoms with van der Waals surface area (Å²) in [5.41, 5.74) is 1.19. The van der Waals surface area contributed by atoms with Gasteiger partial charge in [0.1, 0.15) is 5.75 Å². The Morgan fingerprint density at radius 3 is 2.46 bits per heavy atom. The van der Waals surface area contributed by atoms with Gasteiger partial charge in [-0.05, 0) is 42.5 Å². The van der Waals surface area contributed by atoms with E-state index in [0.717, 1.165) is 4.57 Å². The molecule has 0 spiro atoms. The number of aromatic nitrogens is 1. The number of methoxy groups -OCH3 is 1. The number of ketones is 1. The number of nitrogens with zero attached hydrogens (tertiary/aromatic N) is 1. The summed E-state index contributed by atoms with van der Waals surface area (Å²) in [4.78, 5) is 35.9. The van der Waals surface area contributed by atoms with Crippen LogP contribution in [0.1, 0.15) is 20.7 Å². The van der Waals surface area contributed by atoms with E-state index in [-0.39, 0.29) is 29.2 Å². The van der Waals surface area contributed by atoms with Gasteiger partial charge < -0.3 is 14.3 Å². The molecule has 7 nitrogen and oxygen atoms in total. The average molecular weight is 327 g/mol. The minimum absolute atomic E-state index is 0.0418. The van der Waals surface area contributed by atoms with E-state index in [1.54, 1.807) is 0 Å². The number of phenolic OH excluding ortho intramolecular Hbond substituents is 1. The van der Waals surface area contributed by atoms with Crippen LogP contribution in [0.3, 0.4) is 0 Å². The summed E-state index contributed by atoms with van der Waals surface area (Å²) in [6.07, 6.45) is 0. The Labute approximate surface area is 135 Å². The first-order chi connectivity index (χ1) is 11.5. The zero-order valence-corrected chi connectivity index (χ0v) is 12.7. The number of aromatic hydroxyl groups is 1. The van der Waals surface area contributed by atoms with Crippen molar-refractivity contribution in [1.82, 2.24) is 4.57 Å². The van der Waals surface area contributed by atoms with Crippen molar-refractivity contribution in [3.05, 3.63) is 64.1 Å². The first-order valence-corrected chi connectivity index (χ1v) is 7.03. The summed E-state index contributed by atoms with van der Waals surface area (Å²) < 4.78 is 10.9. The quantitative estimate of drug-likeness (QED) is 0.581.